The van der Waals surface area contributed by atoms with Gasteiger partial charge >= 0.3 is 5.97 Å². The molecule has 0 saturated carbocycles. The predicted molar refractivity (Wildman–Crippen MR) is 120 cm³/mol. The predicted octanol–water partition coefficient (Wildman–Crippen LogP) is 1.93. The summed E-state index contributed by atoms with van der Waals surface area (Å²) in [6.07, 6.45) is -0.144. The molecule has 3 unspecified atom stereocenters. The van der Waals surface area contributed by atoms with Crippen LogP contribution in [0.1, 0.15) is 31.4 Å². The van der Waals surface area contributed by atoms with Crippen LogP contribution in [0.5, 0.6) is 0 Å². The summed E-state index contributed by atoms with van der Waals surface area (Å²) in [4.78, 5) is 41.3. The number of aliphatic hydroxyl groups is 1. The standard InChI is InChI=1S/C23H29BrN2O6/c1-5-31-22(30)16-17-21(29)26(13(4)10-27)19(23(17)9-14(24)18(16)32-23)20(28)25-15-8-11(2)6-7-12(15)3/h6-8,13-14,16-19,27H,5,9-10H2,1-4H3,(H,25,28)/t13-,14?,16+,17+,18+,19?,23?/m1/s1. The van der Waals surface area contributed by atoms with E-state index in [0.717, 1.165) is 11.1 Å². The number of likely N-dealkylation sites (tertiary alicyclic amines) is 1. The number of fused-ring (bicyclic) bond motifs is 1. The van der Waals surface area contributed by atoms with Crippen LogP contribution in [-0.2, 0) is 23.9 Å². The number of nitrogens with zero attached hydrogens (tertiary/aromatic N) is 1. The molecule has 0 aliphatic carbocycles. The SMILES string of the molecule is CCOC(=O)[C@H]1[C@H]2C(=O)N([C@H](C)CO)C(C(=O)Nc3cc(C)ccc3C)C23CC(Br)[C@@H]1O3. The summed E-state index contributed by atoms with van der Waals surface area (Å²) in [5.41, 5.74) is 1.37. The quantitative estimate of drug-likeness (QED) is 0.449. The lowest BCUT2D eigenvalue weighted by atomic mass is 9.70. The number of benzene rings is 1. The summed E-state index contributed by atoms with van der Waals surface area (Å²) in [7, 11) is 0. The Bertz CT molecular complexity index is 954. The van der Waals surface area contributed by atoms with Gasteiger partial charge in [0.1, 0.15) is 11.6 Å². The van der Waals surface area contributed by atoms with Gasteiger partial charge in [-0.05, 0) is 51.3 Å². The van der Waals surface area contributed by atoms with Gasteiger partial charge in [-0.2, -0.15) is 0 Å². The summed E-state index contributed by atoms with van der Waals surface area (Å²) >= 11 is 3.60. The lowest BCUT2D eigenvalue weighted by Gasteiger charge is -2.35. The second kappa shape index (κ2) is 8.43. The Morgan fingerprint density at radius 2 is 2.12 bits per heavy atom. The van der Waals surface area contributed by atoms with Gasteiger partial charge in [0.05, 0.1) is 37.2 Å². The zero-order chi connectivity index (χ0) is 23.4. The number of esters is 1. The minimum Gasteiger partial charge on any atom is -0.466 e. The fourth-order valence-corrected chi connectivity index (χ4v) is 6.45. The Labute approximate surface area is 195 Å². The van der Waals surface area contributed by atoms with Crippen molar-refractivity contribution < 1.29 is 29.0 Å². The van der Waals surface area contributed by atoms with Crippen LogP contribution in [0.4, 0.5) is 5.69 Å². The number of ether oxygens (including phenoxy) is 2. The normalized spacial score (nSPS) is 33.9. The van der Waals surface area contributed by atoms with Gasteiger partial charge in [-0.25, -0.2) is 0 Å². The second-order valence-corrected chi connectivity index (χ2v) is 10.2. The van der Waals surface area contributed by atoms with Gasteiger partial charge in [-0.3, -0.25) is 14.4 Å². The van der Waals surface area contributed by atoms with Crippen molar-refractivity contribution in [1.29, 1.82) is 0 Å². The minimum atomic E-state index is -1.17. The van der Waals surface area contributed by atoms with Crippen molar-refractivity contribution in [2.24, 2.45) is 11.8 Å². The van der Waals surface area contributed by atoms with Crippen molar-refractivity contribution in [3.63, 3.8) is 0 Å². The fraction of sp³-hybridized carbons (Fsp3) is 0.609. The zero-order valence-electron chi connectivity index (χ0n) is 18.6. The molecule has 174 valence electrons. The highest BCUT2D eigenvalue weighted by Crippen LogP contribution is 2.60. The van der Waals surface area contributed by atoms with Gasteiger partial charge in [0.15, 0.2) is 0 Å². The maximum Gasteiger partial charge on any atom is 0.312 e. The molecule has 2 amide bonds. The molecule has 3 aliphatic heterocycles. The van der Waals surface area contributed by atoms with Crippen molar-refractivity contribution in [2.75, 3.05) is 18.5 Å². The first-order valence-electron chi connectivity index (χ1n) is 11.0. The molecule has 2 N–H and O–H groups in total. The Kier molecular flexibility index (Phi) is 6.11. The molecule has 4 rings (SSSR count). The first-order valence-corrected chi connectivity index (χ1v) is 11.9. The van der Waals surface area contributed by atoms with Crippen molar-refractivity contribution in [2.45, 2.75) is 62.7 Å². The Morgan fingerprint density at radius 3 is 2.78 bits per heavy atom. The number of halogens is 1. The Hall–Kier alpha value is -1.97. The summed E-state index contributed by atoms with van der Waals surface area (Å²) in [6.45, 7) is 7.11. The number of anilines is 1. The van der Waals surface area contributed by atoms with Crippen LogP contribution in [0.15, 0.2) is 18.2 Å². The maximum absolute atomic E-state index is 13.7. The minimum absolute atomic E-state index is 0.191. The number of rotatable bonds is 6. The van der Waals surface area contributed by atoms with Crippen LogP contribution in [0.25, 0.3) is 0 Å². The molecule has 3 saturated heterocycles. The first-order chi connectivity index (χ1) is 15.2. The van der Waals surface area contributed by atoms with E-state index in [0.29, 0.717) is 12.1 Å². The number of hydrogen-bond acceptors (Lipinski definition) is 6. The van der Waals surface area contributed by atoms with E-state index in [2.05, 4.69) is 21.2 Å². The summed E-state index contributed by atoms with van der Waals surface area (Å²) in [5, 5.41) is 12.8. The molecule has 8 nitrogen and oxygen atoms in total. The number of aryl methyl sites for hydroxylation is 2. The van der Waals surface area contributed by atoms with Crippen molar-refractivity contribution in [3.05, 3.63) is 29.3 Å². The van der Waals surface area contributed by atoms with E-state index in [-0.39, 0.29) is 29.9 Å². The third kappa shape index (κ3) is 3.36. The summed E-state index contributed by atoms with van der Waals surface area (Å²) in [5.74, 6) is -2.86. The molecular weight excluding hydrogens is 480 g/mol. The highest BCUT2D eigenvalue weighted by Gasteiger charge is 2.77. The fourth-order valence-electron chi connectivity index (χ4n) is 5.51. The molecule has 32 heavy (non-hydrogen) atoms. The average Bonchev–Trinajstić information content (AvgIpc) is 3.33. The summed E-state index contributed by atoms with van der Waals surface area (Å²) < 4.78 is 11.6. The number of alkyl halides is 1. The van der Waals surface area contributed by atoms with Gasteiger partial charge in [-0.15, -0.1) is 0 Å². The molecule has 3 heterocycles. The van der Waals surface area contributed by atoms with Crippen LogP contribution in [-0.4, -0.2) is 69.6 Å². The molecule has 3 fully saturated rings. The van der Waals surface area contributed by atoms with Crippen molar-refractivity contribution in [3.8, 4) is 0 Å². The summed E-state index contributed by atoms with van der Waals surface area (Å²) in [6, 6.07) is 4.16. The molecular formula is C23H29BrN2O6. The molecule has 9 heteroatoms. The third-order valence-electron chi connectivity index (χ3n) is 6.92. The molecule has 2 bridgehead atoms. The second-order valence-electron chi connectivity index (χ2n) is 9.00. The van der Waals surface area contributed by atoms with E-state index < -0.39 is 41.6 Å². The van der Waals surface area contributed by atoms with Gasteiger partial charge in [0.2, 0.25) is 11.8 Å². The van der Waals surface area contributed by atoms with Crippen LogP contribution < -0.4 is 5.32 Å². The number of amides is 2. The third-order valence-corrected chi connectivity index (χ3v) is 7.77. The molecule has 3 aliphatic rings. The van der Waals surface area contributed by atoms with Crippen LogP contribution in [0.3, 0.4) is 0 Å². The number of nitrogens with one attached hydrogen (secondary N) is 1. The lowest BCUT2D eigenvalue weighted by molar-refractivity contribution is -0.155. The first kappa shape index (κ1) is 23.2. The van der Waals surface area contributed by atoms with E-state index >= 15 is 0 Å². The number of carbonyl (C=O) groups is 3. The van der Waals surface area contributed by atoms with Gasteiger partial charge in [0.25, 0.3) is 0 Å². The largest absolute Gasteiger partial charge is 0.466 e. The molecule has 1 spiro atoms. The highest BCUT2D eigenvalue weighted by molar-refractivity contribution is 9.09. The monoisotopic (exact) mass is 508 g/mol. The van der Waals surface area contributed by atoms with E-state index in [1.165, 1.54) is 4.90 Å². The lowest BCUT2D eigenvalue weighted by Crippen LogP contribution is -2.56. The van der Waals surface area contributed by atoms with Crippen LogP contribution in [0.2, 0.25) is 0 Å². The van der Waals surface area contributed by atoms with E-state index in [9.17, 15) is 19.5 Å². The van der Waals surface area contributed by atoms with Crippen LogP contribution in [0, 0.1) is 25.7 Å². The van der Waals surface area contributed by atoms with Crippen molar-refractivity contribution >= 4 is 39.4 Å². The highest BCUT2D eigenvalue weighted by atomic mass is 79.9. The van der Waals surface area contributed by atoms with Gasteiger partial charge in [0, 0.05) is 10.5 Å². The topological polar surface area (TPSA) is 105 Å². The zero-order valence-corrected chi connectivity index (χ0v) is 20.2. The van der Waals surface area contributed by atoms with E-state index in [4.69, 9.17) is 9.47 Å². The average molecular weight is 509 g/mol. The van der Waals surface area contributed by atoms with Crippen molar-refractivity contribution in [1.82, 2.24) is 4.90 Å². The number of carbonyl (C=O) groups excluding carboxylic acids is 3. The maximum atomic E-state index is 13.7. The molecule has 1 aromatic carbocycles. The molecule has 0 radical (unpaired) electrons. The molecule has 1 aromatic rings. The van der Waals surface area contributed by atoms with E-state index in [1.54, 1.807) is 13.8 Å². The smallest absolute Gasteiger partial charge is 0.312 e. The Balaban J connectivity index is 1.76. The number of aliphatic hydroxyl groups excluding tert-OH is 1. The molecule has 7 atom stereocenters. The Morgan fingerprint density at radius 1 is 1.41 bits per heavy atom. The number of hydrogen-bond donors (Lipinski definition) is 2. The van der Waals surface area contributed by atoms with E-state index in [1.807, 2.05) is 32.0 Å². The van der Waals surface area contributed by atoms with Gasteiger partial charge in [-0.1, -0.05) is 28.1 Å². The van der Waals surface area contributed by atoms with Crippen LogP contribution >= 0.6 is 15.9 Å². The van der Waals surface area contributed by atoms with Gasteiger partial charge < -0.3 is 24.8 Å². The molecule has 0 aromatic heterocycles.